The van der Waals surface area contributed by atoms with Crippen LogP contribution < -0.4 is 5.73 Å². The van der Waals surface area contributed by atoms with Crippen LogP contribution in [0, 0.1) is 0 Å². The summed E-state index contributed by atoms with van der Waals surface area (Å²) in [7, 11) is 0. The van der Waals surface area contributed by atoms with Crippen molar-refractivity contribution in [1.82, 2.24) is 14.0 Å². The summed E-state index contributed by atoms with van der Waals surface area (Å²) >= 11 is 1.66. The Bertz CT molecular complexity index is 635. The van der Waals surface area contributed by atoms with Crippen LogP contribution in [0.3, 0.4) is 0 Å². The second-order valence-electron chi connectivity index (χ2n) is 4.89. The Morgan fingerprint density at radius 3 is 3.05 bits per heavy atom. The lowest BCUT2D eigenvalue weighted by Gasteiger charge is -2.05. The van der Waals surface area contributed by atoms with Crippen LogP contribution in [0.5, 0.6) is 0 Å². The third-order valence-corrected chi connectivity index (χ3v) is 4.09. The number of imidazole rings is 1. The molecule has 0 aliphatic carbocycles. The minimum absolute atomic E-state index is 0.258. The van der Waals surface area contributed by atoms with Gasteiger partial charge in [-0.05, 0) is 24.5 Å². The van der Waals surface area contributed by atoms with Crippen LogP contribution in [-0.4, -0.2) is 20.0 Å². The zero-order valence-electron chi connectivity index (χ0n) is 11.0. The van der Waals surface area contributed by atoms with Crippen LogP contribution >= 0.6 is 11.3 Å². The molecule has 0 spiro atoms. The number of hydrogen-bond donors (Lipinski definition) is 1. The number of nitrogens with zero attached hydrogens (tertiary/aromatic N) is 3. The first-order chi connectivity index (χ1) is 9.24. The predicted molar refractivity (Wildman–Crippen MR) is 78.6 cm³/mol. The van der Waals surface area contributed by atoms with Crippen LogP contribution in [-0.2, 0) is 13.0 Å². The average Bonchev–Trinajstić information content (AvgIpc) is 3.05. The Labute approximate surface area is 116 Å². The molecule has 0 fully saturated rings. The van der Waals surface area contributed by atoms with Crippen LogP contribution in [0.2, 0.25) is 0 Å². The molecule has 0 aliphatic rings. The summed E-state index contributed by atoms with van der Waals surface area (Å²) in [4.78, 5) is 5.64. The van der Waals surface area contributed by atoms with Crippen molar-refractivity contribution in [3.05, 3.63) is 47.5 Å². The van der Waals surface area contributed by atoms with Gasteiger partial charge in [0.1, 0.15) is 0 Å². The second kappa shape index (κ2) is 5.19. The number of thiazole rings is 1. The summed E-state index contributed by atoms with van der Waals surface area (Å²) < 4.78 is 4.24. The molecule has 1 atom stereocenters. The van der Waals surface area contributed by atoms with Gasteiger partial charge in [-0.2, -0.15) is 0 Å². The number of hydrogen-bond acceptors (Lipinski definition) is 3. The van der Waals surface area contributed by atoms with Gasteiger partial charge >= 0.3 is 0 Å². The molecule has 0 aromatic carbocycles. The molecule has 3 aromatic rings. The van der Waals surface area contributed by atoms with Crippen molar-refractivity contribution in [2.75, 3.05) is 0 Å². The van der Waals surface area contributed by atoms with Crippen molar-refractivity contribution >= 4 is 16.3 Å². The van der Waals surface area contributed by atoms with Gasteiger partial charge in [0.25, 0.3) is 0 Å². The van der Waals surface area contributed by atoms with E-state index in [-0.39, 0.29) is 6.04 Å². The van der Waals surface area contributed by atoms with Gasteiger partial charge in [0.15, 0.2) is 4.96 Å². The lowest BCUT2D eigenvalue weighted by molar-refractivity contribution is 0.645. The minimum Gasteiger partial charge on any atom is -0.348 e. The number of aromatic nitrogens is 3. The van der Waals surface area contributed by atoms with E-state index < -0.39 is 0 Å². The van der Waals surface area contributed by atoms with Crippen LogP contribution in [0.15, 0.2) is 36.2 Å². The first-order valence-corrected chi connectivity index (χ1v) is 7.44. The number of nitrogens with two attached hydrogens (primary N) is 1. The molecule has 1 unspecified atom stereocenters. The lowest BCUT2D eigenvalue weighted by Crippen LogP contribution is -2.21. The highest BCUT2D eigenvalue weighted by Crippen LogP contribution is 2.13. The molecule has 2 N–H and O–H groups in total. The molecular weight excluding hydrogens is 256 g/mol. The highest BCUT2D eigenvalue weighted by Gasteiger charge is 2.06. The van der Waals surface area contributed by atoms with Gasteiger partial charge in [0, 0.05) is 36.2 Å². The largest absolute Gasteiger partial charge is 0.348 e. The van der Waals surface area contributed by atoms with Crippen LogP contribution in [0.1, 0.15) is 24.6 Å². The standard InChI is InChI=1S/C14H18N4S/c1-2-12(15)7-11-3-4-17(8-11)9-13-10-18-5-6-19-14(18)16-13/h3-6,8,10,12H,2,7,9,15H2,1H3. The Kier molecular flexibility index (Phi) is 3.40. The fourth-order valence-corrected chi connectivity index (χ4v) is 2.91. The van der Waals surface area contributed by atoms with E-state index >= 15 is 0 Å². The molecule has 3 heterocycles. The Morgan fingerprint density at radius 2 is 2.26 bits per heavy atom. The quantitative estimate of drug-likeness (QED) is 0.777. The molecule has 5 heteroatoms. The van der Waals surface area contributed by atoms with Gasteiger partial charge < -0.3 is 10.3 Å². The normalized spacial score (nSPS) is 13.2. The van der Waals surface area contributed by atoms with E-state index in [0.717, 1.165) is 30.0 Å². The van der Waals surface area contributed by atoms with E-state index in [1.807, 2.05) is 11.6 Å². The van der Waals surface area contributed by atoms with Crippen molar-refractivity contribution in [3.63, 3.8) is 0 Å². The fraction of sp³-hybridized carbons (Fsp3) is 0.357. The topological polar surface area (TPSA) is 48.2 Å². The van der Waals surface area contributed by atoms with E-state index in [1.165, 1.54) is 5.56 Å². The molecule has 0 saturated heterocycles. The highest BCUT2D eigenvalue weighted by atomic mass is 32.1. The molecule has 3 rings (SSSR count). The van der Waals surface area contributed by atoms with Crippen molar-refractivity contribution in [1.29, 1.82) is 0 Å². The first kappa shape index (κ1) is 12.4. The fourth-order valence-electron chi connectivity index (χ4n) is 2.20. The summed E-state index contributed by atoms with van der Waals surface area (Å²) in [6.45, 7) is 2.94. The van der Waals surface area contributed by atoms with Crippen molar-refractivity contribution in [3.8, 4) is 0 Å². The van der Waals surface area contributed by atoms with E-state index in [0.29, 0.717) is 0 Å². The maximum absolute atomic E-state index is 5.98. The SMILES string of the molecule is CCC(N)Cc1ccn(Cc2cn3ccsc3n2)c1. The van der Waals surface area contributed by atoms with E-state index in [4.69, 9.17) is 5.73 Å². The monoisotopic (exact) mass is 274 g/mol. The van der Waals surface area contributed by atoms with E-state index in [9.17, 15) is 0 Å². The minimum atomic E-state index is 0.258. The molecule has 3 aromatic heterocycles. The van der Waals surface area contributed by atoms with Gasteiger partial charge in [-0.3, -0.25) is 4.40 Å². The van der Waals surface area contributed by atoms with Gasteiger partial charge in [0.2, 0.25) is 0 Å². The molecule has 4 nitrogen and oxygen atoms in total. The van der Waals surface area contributed by atoms with Gasteiger partial charge in [-0.25, -0.2) is 4.98 Å². The summed E-state index contributed by atoms with van der Waals surface area (Å²) in [6.07, 6.45) is 10.4. The zero-order valence-corrected chi connectivity index (χ0v) is 11.8. The summed E-state index contributed by atoms with van der Waals surface area (Å²) in [6, 6.07) is 2.40. The number of rotatable bonds is 5. The first-order valence-electron chi connectivity index (χ1n) is 6.56. The molecule has 100 valence electrons. The second-order valence-corrected chi connectivity index (χ2v) is 5.76. The molecule has 0 radical (unpaired) electrons. The molecule has 0 aliphatic heterocycles. The third kappa shape index (κ3) is 2.72. The Balaban J connectivity index is 1.71. The Hall–Kier alpha value is -1.59. The Morgan fingerprint density at radius 1 is 1.37 bits per heavy atom. The van der Waals surface area contributed by atoms with Crippen molar-refractivity contribution in [2.24, 2.45) is 5.73 Å². The predicted octanol–water partition coefficient (Wildman–Crippen LogP) is 2.53. The van der Waals surface area contributed by atoms with Gasteiger partial charge in [0.05, 0.1) is 12.2 Å². The van der Waals surface area contributed by atoms with E-state index in [1.54, 1.807) is 11.3 Å². The van der Waals surface area contributed by atoms with Crippen molar-refractivity contribution in [2.45, 2.75) is 32.4 Å². The summed E-state index contributed by atoms with van der Waals surface area (Å²) in [5.41, 5.74) is 8.37. The van der Waals surface area contributed by atoms with Crippen LogP contribution in [0.4, 0.5) is 0 Å². The highest BCUT2D eigenvalue weighted by molar-refractivity contribution is 7.15. The smallest absolute Gasteiger partial charge is 0.193 e. The number of fused-ring (bicyclic) bond motifs is 1. The van der Waals surface area contributed by atoms with Crippen LogP contribution in [0.25, 0.3) is 4.96 Å². The molecule has 19 heavy (non-hydrogen) atoms. The maximum Gasteiger partial charge on any atom is 0.193 e. The maximum atomic E-state index is 5.98. The van der Waals surface area contributed by atoms with Gasteiger partial charge in [-0.1, -0.05) is 6.92 Å². The van der Waals surface area contributed by atoms with E-state index in [2.05, 4.69) is 45.5 Å². The van der Waals surface area contributed by atoms with Gasteiger partial charge in [-0.15, -0.1) is 11.3 Å². The summed E-state index contributed by atoms with van der Waals surface area (Å²) in [5.74, 6) is 0. The average molecular weight is 274 g/mol. The lowest BCUT2D eigenvalue weighted by atomic mass is 10.1. The zero-order chi connectivity index (χ0) is 13.2. The van der Waals surface area contributed by atoms with Crippen molar-refractivity contribution < 1.29 is 0 Å². The molecule has 0 bridgehead atoms. The third-order valence-electron chi connectivity index (χ3n) is 3.32. The molecule has 0 saturated carbocycles. The molecule has 0 amide bonds. The molecular formula is C14H18N4S. The summed E-state index contributed by atoms with van der Waals surface area (Å²) in [5, 5.41) is 2.05.